The van der Waals surface area contributed by atoms with Crippen molar-refractivity contribution in [2.45, 2.75) is 19.3 Å². The predicted molar refractivity (Wildman–Crippen MR) is 89.0 cm³/mol. The average Bonchev–Trinajstić information content (AvgIpc) is 3.10. The second kappa shape index (κ2) is 6.99. The SMILES string of the molecule is COC(=O)C[C@H](c1cc(OC)c2c(c1)OCO2)c1oc(C)cc(=O)c1O. The molecule has 8 nitrogen and oxygen atoms in total. The Labute approximate surface area is 148 Å². The Hall–Kier alpha value is -3.16. The number of benzene rings is 1. The second-order valence-electron chi connectivity index (χ2n) is 5.72. The minimum absolute atomic E-state index is 0.0266. The van der Waals surface area contributed by atoms with Crippen LogP contribution in [0.4, 0.5) is 0 Å². The van der Waals surface area contributed by atoms with Crippen LogP contribution in [0, 0.1) is 6.92 Å². The standard InChI is InChI=1S/C18H18O8/c1-9-4-12(19)16(21)17(26-9)11(7-15(20)23-3)10-5-13(22-2)18-14(6-10)24-8-25-18/h4-6,11,21H,7-8H2,1-3H3/t11-/m1/s1. The number of fused-ring (bicyclic) bond motifs is 1. The maximum absolute atomic E-state index is 12.0. The molecule has 1 aromatic carbocycles. The van der Waals surface area contributed by atoms with Crippen molar-refractivity contribution in [2.24, 2.45) is 0 Å². The van der Waals surface area contributed by atoms with Crippen molar-refractivity contribution >= 4 is 5.97 Å². The Balaban J connectivity index is 2.17. The monoisotopic (exact) mass is 362 g/mol. The van der Waals surface area contributed by atoms with Crippen molar-refractivity contribution in [3.63, 3.8) is 0 Å². The number of aromatic hydroxyl groups is 1. The van der Waals surface area contributed by atoms with E-state index in [1.165, 1.54) is 20.3 Å². The molecule has 2 heterocycles. The van der Waals surface area contributed by atoms with Crippen LogP contribution >= 0.6 is 0 Å². The molecular weight excluding hydrogens is 344 g/mol. The first kappa shape index (κ1) is 17.7. The Morgan fingerprint density at radius 2 is 2.04 bits per heavy atom. The van der Waals surface area contributed by atoms with E-state index in [2.05, 4.69) is 0 Å². The van der Waals surface area contributed by atoms with E-state index in [9.17, 15) is 14.7 Å². The van der Waals surface area contributed by atoms with E-state index in [0.717, 1.165) is 0 Å². The van der Waals surface area contributed by atoms with Crippen LogP contribution in [0.5, 0.6) is 23.0 Å². The van der Waals surface area contributed by atoms with Crippen molar-refractivity contribution in [3.8, 4) is 23.0 Å². The van der Waals surface area contributed by atoms with Gasteiger partial charge in [0.1, 0.15) is 5.76 Å². The fraction of sp³-hybridized carbons (Fsp3) is 0.333. The van der Waals surface area contributed by atoms with E-state index in [1.807, 2.05) is 0 Å². The van der Waals surface area contributed by atoms with Crippen LogP contribution in [0.1, 0.15) is 29.4 Å². The van der Waals surface area contributed by atoms with Crippen LogP contribution in [0.3, 0.4) is 0 Å². The van der Waals surface area contributed by atoms with Crippen LogP contribution in [0.25, 0.3) is 0 Å². The quantitative estimate of drug-likeness (QED) is 0.806. The molecule has 1 aliphatic heterocycles. The van der Waals surface area contributed by atoms with Gasteiger partial charge in [-0.15, -0.1) is 0 Å². The molecule has 26 heavy (non-hydrogen) atoms. The predicted octanol–water partition coefficient (Wildman–Crippen LogP) is 2.09. The molecule has 1 aromatic heterocycles. The van der Waals surface area contributed by atoms with Gasteiger partial charge in [0, 0.05) is 6.07 Å². The smallest absolute Gasteiger partial charge is 0.306 e. The molecule has 0 bridgehead atoms. The second-order valence-corrected chi connectivity index (χ2v) is 5.72. The zero-order chi connectivity index (χ0) is 18.8. The third-order valence-corrected chi connectivity index (χ3v) is 4.07. The lowest BCUT2D eigenvalue weighted by atomic mass is 9.91. The van der Waals surface area contributed by atoms with Crippen LogP contribution in [-0.4, -0.2) is 32.1 Å². The Kier molecular flexibility index (Phi) is 4.75. The minimum atomic E-state index is -0.779. The first-order chi connectivity index (χ1) is 12.4. The van der Waals surface area contributed by atoms with Gasteiger partial charge in [0.05, 0.1) is 26.6 Å². The molecule has 8 heteroatoms. The van der Waals surface area contributed by atoms with Gasteiger partial charge in [-0.3, -0.25) is 9.59 Å². The highest BCUT2D eigenvalue weighted by molar-refractivity contribution is 5.71. The van der Waals surface area contributed by atoms with Crippen LogP contribution < -0.4 is 19.6 Å². The lowest BCUT2D eigenvalue weighted by molar-refractivity contribution is -0.140. The zero-order valence-electron chi connectivity index (χ0n) is 14.5. The highest BCUT2D eigenvalue weighted by Gasteiger charge is 2.30. The van der Waals surface area contributed by atoms with Gasteiger partial charge < -0.3 is 28.5 Å². The number of carbonyl (C=O) groups excluding carboxylic acids is 1. The van der Waals surface area contributed by atoms with Gasteiger partial charge in [0.15, 0.2) is 17.3 Å². The molecule has 1 atom stereocenters. The third kappa shape index (κ3) is 3.17. The maximum Gasteiger partial charge on any atom is 0.306 e. The zero-order valence-corrected chi connectivity index (χ0v) is 14.5. The summed E-state index contributed by atoms with van der Waals surface area (Å²) in [6, 6.07) is 4.47. The highest BCUT2D eigenvalue weighted by Crippen LogP contribution is 2.45. The van der Waals surface area contributed by atoms with E-state index in [1.54, 1.807) is 19.1 Å². The average molecular weight is 362 g/mol. The first-order valence-corrected chi connectivity index (χ1v) is 7.82. The largest absolute Gasteiger partial charge is 0.502 e. The number of hydrogen-bond acceptors (Lipinski definition) is 8. The Morgan fingerprint density at radius 3 is 2.73 bits per heavy atom. The van der Waals surface area contributed by atoms with Gasteiger partial charge >= 0.3 is 5.97 Å². The highest BCUT2D eigenvalue weighted by atomic mass is 16.7. The van der Waals surface area contributed by atoms with Gasteiger partial charge in [-0.1, -0.05) is 0 Å². The molecule has 0 spiro atoms. The molecule has 138 valence electrons. The summed E-state index contributed by atoms with van der Waals surface area (Å²) >= 11 is 0. The summed E-state index contributed by atoms with van der Waals surface area (Å²) in [6.07, 6.45) is -0.154. The van der Waals surface area contributed by atoms with E-state index in [0.29, 0.717) is 28.6 Å². The van der Waals surface area contributed by atoms with Crippen molar-refractivity contribution in [2.75, 3.05) is 21.0 Å². The number of aryl methyl sites for hydroxylation is 1. The molecule has 0 radical (unpaired) electrons. The van der Waals surface area contributed by atoms with Gasteiger partial charge in [0.2, 0.25) is 23.7 Å². The maximum atomic E-state index is 12.0. The fourth-order valence-corrected chi connectivity index (χ4v) is 2.82. The summed E-state index contributed by atoms with van der Waals surface area (Å²) in [5.41, 5.74) is -0.0492. The number of carbonyl (C=O) groups is 1. The summed E-state index contributed by atoms with van der Waals surface area (Å²) < 4.78 is 26.4. The number of methoxy groups -OCH3 is 2. The summed E-state index contributed by atoms with van der Waals surface area (Å²) in [7, 11) is 2.73. The molecule has 0 fully saturated rings. The van der Waals surface area contributed by atoms with Crippen molar-refractivity contribution in [3.05, 3.63) is 45.5 Å². The Morgan fingerprint density at radius 1 is 1.27 bits per heavy atom. The summed E-state index contributed by atoms with van der Waals surface area (Å²) in [4.78, 5) is 23.9. The number of esters is 1. The number of rotatable bonds is 5. The summed E-state index contributed by atoms with van der Waals surface area (Å²) in [5, 5.41) is 10.2. The molecule has 1 N–H and O–H groups in total. The van der Waals surface area contributed by atoms with Gasteiger partial charge in [-0.05, 0) is 24.6 Å². The third-order valence-electron chi connectivity index (χ3n) is 4.07. The van der Waals surface area contributed by atoms with Crippen molar-refractivity contribution < 1.29 is 33.3 Å². The summed E-state index contributed by atoms with van der Waals surface area (Å²) in [6.45, 7) is 1.63. The minimum Gasteiger partial charge on any atom is -0.502 e. The van der Waals surface area contributed by atoms with Crippen molar-refractivity contribution in [1.29, 1.82) is 0 Å². The normalized spacial score (nSPS) is 13.3. The fourth-order valence-electron chi connectivity index (χ4n) is 2.82. The van der Waals surface area contributed by atoms with Gasteiger partial charge in [-0.25, -0.2) is 0 Å². The van der Waals surface area contributed by atoms with E-state index >= 15 is 0 Å². The molecule has 0 amide bonds. The van der Waals surface area contributed by atoms with Gasteiger partial charge in [-0.2, -0.15) is 0 Å². The van der Waals surface area contributed by atoms with Gasteiger partial charge in [0.25, 0.3) is 0 Å². The van der Waals surface area contributed by atoms with Crippen LogP contribution in [0.15, 0.2) is 27.4 Å². The van der Waals surface area contributed by atoms with Crippen LogP contribution in [-0.2, 0) is 9.53 Å². The lowest BCUT2D eigenvalue weighted by Gasteiger charge is -2.18. The molecule has 0 unspecified atom stereocenters. The first-order valence-electron chi connectivity index (χ1n) is 7.82. The molecule has 3 rings (SSSR count). The van der Waals surface area contributed by atoms with Crippen molar-refractivity contribution in [1.82, 2.24) is 0 Å². The molecule has 0 aliphatic carbocycles. The lowest BCUT2D eigenvalue weighted by Crippen LogP contribution is -2.13. The van der Waals surface area contributed by atoms with Crippen LogP contribution in [0.2, 0.25) is 0 Å². The molecule has 1 aliphatic rings. The molecular formula is C18H18O8. The topological polar surface area (TPSA) is 104 Å². The number of ether oxygens (including phenoxy) is 4. The van der Waals surface area contributed by atoms with E-state index < -0.39 is 23.1 Å². The van der Waals surface area contributed by atoms with E-state index in [-0.39, 0.29) is 19.0 Å². The molecule has 0 saturated heterocycles. The Bertz CT molecular complexity index is 899. The molecule has 2 aromatic rings. The number of hydrogen-bond donors (Lipinski definition) is 1. The summed E-state index contributed by atoms with van der Waals surface area (Å²) in [5.74, 6) is -0.299. The molecule has 0 saturated carbocycles. The van der Waals surface area contributed by atoms with E-state index in [4.69, 9.17) is 23.4 Å².